The first-order valence-corrected chi connectivity index (χ1v) is 10.3. The second-order valence-electron chi connectivity index (χ2n) is 5.05. The second-order valence-corrected chi connectivity index (χ2v) is 9.25. The molecule has 0 saturated carbocycles. The first-order valence-electron chi connectivity index (χ1n) is 6.39. The summed E-state index contributed by atoms with van der Waals surface area (Å²) < 4.78 is 24.8. The Morgan fingerprint density at radius 3 is 2.75 bits per heavy atom. The van der Waals surface area contributed by atoms with Crippen molar-refractivity contribution in [2.24, 2.45) is 5.73 Å². The zero-order valence-electron chi connectivity index (χ0n) is 11.5. The van der Waals surface area contributed by atoms with Crippen LogP contribution in [0.2, 0.25) is 0 Å². The van der Waals surface area contributed by atoms with Gasteiger partial charge in [0.25, 0.3) is 0 Å². The Kier molecular flexibility index (Phi) is 5.05. The van der Waals surface area contributed by atoms with Crippen LogP contribution in [0.4, 0.5) is 5.69 Å². The zero-order chi connectivity index (χ0) is 14.9. The third-order valence-electron chi connectivity index (χ3n) is 3.39. The van der Waals surface area contributed by atoms with Gasteiger partial charge in [-0.25, -0.2) is 8.42 Å². The Morgan fingerprint density at radius 1 is 1.50 bits per heavy atom. The fourth-order valence-electron chi connectivity index (χ4n) is 2.30. The molecule has 7 heteroatoms. The maximum absolute atomic E-state index is 11.9. The smallest absolute Gasteiger partial charge is 0.169 e. The van der Waals surface area contributed by atoms with E-state index in [0.29, 0.717) is 5.75 Å². The highest BCUT2D eigenvalue weighted by Gasteiger charge is 2.31. The van der Waals surface area contributed by atoms with Gasteiger partial charge in [-0.3, -0.25) is 0 Å². The molecule has 2 rings (SSSR count). The van der Waals surface area contributed by atoms with Crippen LogP contribution in [0.15, 0.2) is 22.7 Å². The van der Waals surface area contributed by atoms with Crippen LogP contribution in [-0.4, -0.2) is 38.1 Å². The summed E-state index contributed by atoms with van der Waals surface area (Å²) in [4.78, 5) is 1.97. The molecule has 1 aliphatic heterocycles. The van der Waals surface area contributed by atoms with Crippen molar-refractivity contribution >= 4 is 43.2 Å². The normalized spacial score (nSPS) is 21.8. The lowest BCUT2D eigenvalue weighted by atomic mass is 10.1. The van der Waals surface area contributed by atoms with Crippen molar-refractivity contribution < 1.29 is 8.42 Å². The van der Waals surface area contributed by atoms with Crippen LogP contribution >= 0.6 is 27.7 Å². The van der Waals surface area contributed by atoms with E-state index < -0.39 is 15.2 Å². The lowest BCUT2D eigenvalue weighted by Gasteiger charge is -2.36. The number of thioether (sulfide) groups is 1. The second kappa shape index (κ2) is 6.25. The van der Waals surface area contributed by atoms with Crippen molar-refractivity contribution in [3.8, 4) is 0 Å². The van der Waals surface area contributed by atoms with Gasteiger partial charge in [0.1, 0.15) is 5.37 Å². The lowest BCUT2D eigenvalue weighted by molar-refractivity contribution is 0.584. The van der Waals surface area contributed by atoms with E-state index in [1.54, 1.807) is 11.8 Å². The number of hydrogen-bond donors (Lipinski definition) is 1. The average Bonchev–Trinajstić information content (AvgIpc) is 2.37. The van der Waals surface area contributed by atoms with Crippen LogP contribution in [0.5, 0.6) is 0 Å². The Hall–Kier alpha value is -0.240. The van der Waals surface area contributed by atoms with E-state index in [2.05, 4.69) is 15.9 Å². The Bertz CT molecular complexity index is 590. The summed E-state index contributed by atoms with van der Waals surface area (Å²) >= 11 is 5.21. The molecule has 0 bridgehead atoms. The SMILES string of the molecule is C[C@H](N)c1ccc(N2CCSCC2S(C)(=O)=O)cc1Br. The van der Waals surface area contributed by atoms with Gasteiger partial charge in [-0.05, 0) is 24.6 Å². The zero-order valence-corrected chi connectivity index (χ0v) is 14.8. The van der Waals surface area contributed by atoms with Crippen LogP contribution in [0.1, 0.15) is 18.5 Å². The molecular weight excluding hydrogens is 360 g/mol. The largest absolute Gasteiger partial charge is 0.353 e. The summed E-state index contributed by atoms with van der Waals surface area (Å²) in [5.74, 6) is 1.56. The van der Waals surface area contributed by atoms with Gasteiger partial charge in [-0.1, -0.05) is 22.0 Å². The summed E-state index contributed by atoms with van der Waals surface area (Å²) in [6, 6.07) is 5.83. The Morgan fingerprint density at radius 2 is 2.20 bits per heavy atom. The van der Waals surface area contributed by atoms with Gasteiger partial charge in [-0.2, -0.15) is 11.8 Å². The number of hydrogen-bond acceptors (Lipinski definition) is 5. The number of benzene rings is 1. The van der Waals surface area contributed by atoms with Gasteiger partial charge in [0.2, 0.25) is 0 Å². The molecule has 1 heterocycles. The lowest BCUT2D eigenvalue weighted by Crippen LogP contribution is -2.47. The Balaban J connectivity index is 2.36. The maximum atomic E-state index is 11.9. The average molecular weight is 379 g/mol. The third-order valence-corrected chi connectivity index (χ3v) is 6.72. The van der Waals surface area contributed by atoms with E-state index in [9.17, 15) is 8.42 Å². The van der Waals surface area contributed by atoms with E-state index in [4.69, 9.17) is 5.73 Å². The molecule has 2 atom stereocenters. The van der Waals surface area contributed by atoms with Gasteiger partial charge in [0.15, 0.2) is 9.84 Å². The van der Waals surface area contributed by atoms with E-state index in [-0.39, 0.29) is 6.04 Å². The van der Waals surface area contributed by atoms with Crippen LogP contribution in [-0.2, 0) is 9.84 Å². The number of sulfone groups is 1. The van der Waals surface area contributed by atoms with Crippen molar-refractivity contribution in [1.29, 1.82) is 0 Å². The van der Waals surface area contributed by atoms with E-state index in [1.165, 1.54) is 6.26 Å². The topological polar surface area (TPSA) is 63.4 Å². The quantitative estimate of drug-likeness (QED) is 0.874. The maximum Gasteiger partial charge on any atom is 0.169 e. The molecule has 1 fully saturated rings. The van der Waals surface area contributed by atoms with Gasteiger partial charge in [0, 0.05) is 40.5 Å². The molecule has 1 saturated heterocycles. The molecule has 0 spiro atoms. The molecule has 0 aromatic heterocycles. The van der Waals surface area contributed by atoms with E-state index in [0.717, 1.165) is 28.0 Å². The standard InChI is InChI=1S/C13H19BrN2O2S2/c1-9(15)11-4-3-10(7-12(11)14)16-5-6-19-8-13(16)20(2,17)18/h3-4,7,9,13H,5-6,8,15H2,1-2H3/t9-,13?/m0/s1. The number of nitrogens with two attached hydrogens (primary N) is 1. The predicted octanol–water partition coefficient (Wildman–Crippen LogP) is 2.39. The first-order chi connectivity index (χ1) is 9.30. The molecule has 1 aromatic carbocycles. The Labute approximate surface area is 133 Å². The number of rotatable bonds is 3. The molecule has 1 unspecified atom stereocenters. The molecule has 20 heavy (non-hydrogen) atoms. The van der Waals surface area contributed by atoms with E-state index >= 15 is 0 Å². The minimum Gasteiger partial charge on any atom is -0.353 e. The van der Waals surface area contributed by atoms with Crippen molar-refractivity contribution in [3.05, 3.63) is 28.2 Å². The molecule has 1 aliphatic rings. The fourth-order valence-corrected chi connectivity index (χ4v) is 5.86. The van der Waals surface area contributed by atoms with Crippen molar-refractivity contribution in [2.45, 2.75) is 18.3 Å². The van der Waals surface area contributed by atoms with Crippen molar-refractivity contribution in [2.75, 3.05) is 29.2 Å². The van der Waals surface area contributed by atoms with Crippen LogP contribution < -0.4 is 10.6 Å². The van der Waals surface area contributed by atoms with Gasteiger partial charge in [0.05, 0.1) is 0 Å². The predicted molar refractivity (Wildman–Crippen MR) is 90.0 cm³/mol. The highest BCUT2D eigenvalue weighted by atomic mass is 79.9. The molecule has 0 radical (unpaired) electrons. The van der Waals surface area contributed by atoms with Crippen molar-refractivity contribution in [3.63, 3.8) is 0 Å². The fraction of sp³-hybridized carbons (Fsp3) is 0.538. The summed E-state index contributed by atoms with van der Waals surface area (Å²) in [6.07, 6.45) is 1.31. The number of anilines is 1. The van der Waals surface area contributed by atoms with Crippen molar-refractivity contribution in [1.82, 2.24) is 0 Å². The third kappa shape index (κ3) is 3.50. The van der Waals surface area contributed by atoms with Gasteiger partial charge >= 0.3 is 0 Å². The van der Waals surface area contributed by atoms with E-state index in [1.807, 2.05) is 30.0 Å². The minimum absolute atomic E-state index is 0.0546. The van der Waals surface area contributed by atoms with Gasteiger partial charge < -0.3 is 10.6 Å². The summed E-state index contributed by atoms with van der Waals surface area (Å²) in [7, 11) is -3.10. The number of halogens is 1. The highest BCUT2D eigenvalue weighted by Crippen LogP contribution is 2.31. The summed E-state index contributed by atoms with van der Waals surface area (Å²) in [5, 5.41) is -0.450. The van der Waals surface area contributed by atoms with Crippen LogP contribution in [0.25, 0.3) is 0 Å². The molecule has 2 N–H and O–H groups in total. The van der Waals surface area contributed by atoms with Crippen LogP contribution in [0.3, 0.4) is 0 Å². The summed E-state index contributed by atoms with van der Waals surface area (Å²) in [6.45, 7) is 2.67. The molecule has 112 valence electrons. The first kappa shape index (κ1) is 16.1. The van der Waals surface area contributed by atoms with Crippen LogP contribution in [0, 0.1) is 0 Å². The minimum atomic E-state index is -3.10. The highest BCUT2D eigenvalue weighted by molar-refractivity contribution is 9.10. The molecule has 4 nitrogen and oxygen atoms in total. The van der Waals surface area contributed by atoms with Gasteiger partial charge in [-0.15, -0.1) is 0 Å². The number of nitrogens with zero attached hydrogens (tertiary/aromatic N) is 1. The summed E-state index contributed by atoms with van der Waals surface area (Å²) in [5.41, 5.74) is 7.85. The molecular formula is C13H19BrN2O2S2. The molecule has 0 aliphatic carbocycles. The monoisotopic (exact) mass is 378 g/mol. The molecule has 0 amide bonds. The molecule has 1 aromatic rings.